The third kappa shape index (κ3) is 4.42. The van der Waals surface area contributed by atoms with Crippen LogP contribution in [-0.4, -0.2) is 30.9 Å². The average molecular weight is 368 g/mol. The first kappa shape index (κ1) is 18.0. The molecule has 1 aromatic carbocycles. The highest BCUT2D eigenvalue weighted by atomic mass is 16.6. The van der Waals surface area contributed by atoms with Crippen molar-refractivity contribution in [3.63, 3.8) is 0 Å². The van der Waals surface area contributed by atoms with E-state index in [-0.39, 0.29) is 24.1 Å². The zero-order valence-electron chi connectivity index (χ0n) is 14.6. The van der Waals surface area contributed by atoms with E-state index in [2.05, 4.69) is 20.5 Å². The lowest BCUT2D eigenvalue weighted by atomic mass is 10.2. The number of nitrogens with one attached hydrogen (secondary N) is 1. The fraction of sp³-hybridized carbons (Fsp3) is 0.176. The predicted octanol–water partition coefficient (Wildman–Crippen LogP) is 2.69. The zero-order valence-corrected chi connectivity index (χ0v) is 14.6. The lowest BCUT2D eigenvalue weighted by molar-refractivity contribution is -0.384. The van der Waals surface area contributed by atoms with Crippen LogP contribution >= 0.6 is 0 Å². The number of carbonyl (C=O) groups excluding carboxylic acids is 1. The molecule has 0 fully saturated rings. The van der Waals surface area contributed by atoms with Crippen molar-refractivity contribution in [1.82, 2.24) is 20.0 Å². The number of hydrogen-bond acceptors (Lipinski definition) is 8. The van der Waals surface area contributed by atoms with Crippen molar-refractivity contribution in [2.75, 3.05) is 5.32 Å². The van der Waals surface area contributed by atoms with Crippen molar-refractivity contribution in [3.8, 4) is 5.82 Å². The summed E-state index contributed by atoms with van der Waals surface area (Å²) in [5.74, 6) is 0.0548. The number of esters is 1. The highest BCUT2D eigenvalue weighted by Crippen LogP contribution is 2.26. The number of carbonyl (C=O) groups is 1. The van der Waals surface area contributed by atoms with Gasteiger partial charge < -0.3 is 10.1 Å². The van der Waals surface area contributed by atoms with E-state index in [0.717, 1.165) is 5.56 Å². The number of nitro groups is 1. The molecule has 0 saturated heterocycles. The lowest BCUT2D eigenvalue weighted by Crippen LogP contribution is -2.06. The monoisotopic (exact) mass is 368 g/mol. The molecule has 0 saturated carbocycles. The number of anilines is 2. The van der Waals surface area contributed by atoms with Crippen molar-refractivity contribution < 1.29 is 14.5 Å². The van der Waals surface area contributed by atoms with E-state index in [9.17, 15) is 14.9 Å². The Morgan fingerprint density at radius 1 is 1.26 bits per heavy atom. The summed E-state index contributed by atoms with van der Waals surface area (Å²) in [6.07, 6.45) is 1.57. The molecule has 10 heteroatoms. The standard InChI is InChI=1S/C17H16N6O4/c1-11-9-18-22(21-11)16-8-7-15(23(25)26)17(20-16)19-14-5-3-13(4-6-14)10-27-12(2)24/h3-9H,10H2,1-2H3,(H,19,20). The van der Waals surface area contributed by atoms with Crippen LogP contribution in [0, 0.1) is 17.0 Å². The van der Waals surface area contributed by atoms with Crippen LogP contribution in [0.25, 0.3) is 5.82 Å². The Kier molecular flexibility index (Phi) is 5.06. The van der Waals surface area contributed by atoms with E-state index in [1.165, 1.54) is 23.9 Å². The topological polar surface area (TPSA) is 125 Å². The summed E-state index contributed by atoms with van der Waals surface area (Å²) in [4.78, 5) is 27.2. The van der Waals surface area contributed by atoms with Crippen LogP contribution in [0.4, 0.5) is 17.2 Å². The molecule has 0 aliphatic rings. The second-order valence-corrected chi connectivity index (χ2v) is 5.67. The summed E-state index contributed by atoms with van der Waals surface area (Å²) < 4.78 is 4.93. The Hall–Kier alpha value is -3.82. The van der Waals surface area contributed by atoms with Crippen LogP contribution in [0.3, 0.4) is 0 Å². The van der Waals surface area contributed by atoms with Gasteiger partial charge in [0.25, 0.3) is 0 Å². The van der Waals surface area contributed by atoms with Gasteiger partial charge in [-0.1, -0.05) is 12.1 Å². The van der Waals surface area contributed by atoms with Gasteiger partial charge in [-0.3, -0.25) is 14.9 Å². The molecule has 0 bridgehead atoms. The summed E-state index contributed by atoms with van der Waals surface area (Å²) >= 11 is 0. The summed E-state index contributed by atoms with van der Waals surface area (Å²) in [5, 5.41) is 22.5. The molecule has 0 unspecified atom stereocenters. The van der Waals surface area contributed by atoms with Crippen molar-refractivity contribution in [2.24, 2.45) is 0 Å². The minimum Gasteiger partial charge on any atom is -0.461 e. The fourth-order valence-corrected chi connectivity index (χ4v) is 2.25. The van der Waals surface area contributed by atoms with E-state index in [1.54, 1.807) is 37.4 Å². The van der Waals surface area contributed by atoms with Crippen molar-refractivity contribution >= 4 is 23.2 Å². The van der Waals surface area contributed by atoms with Crippen LogP contribution in [0.2, 0.25) is 0 Å². The molecule has 0 spiro atoms. The van der Waals surface area contributed by atoms with E-state index in [1.807, 2.05) is 0 Å². The molecule has 2 heterocycles. The van der Waals surface area contributed by atoms with Crippen molar-refractivity contribution in [1.29, 1.82) is 0 Å². The normalized spacial score (nSPS) is 10.4. The minimum atomic E-state index is -0.518. The minimum absolute atomic E-state index is 0.0696. The van der Waals surface area contributed by atoms with Gasteiger partial charge in [0.1, 0.15) is 6.61 Å². The quantitative estimate of drug-likeness (QED) is 0.400. The highest BCUT2D eigenvalue weighted by Gasteiger charge is 2.17. The molecule has 10 nitrogen and oxygen atoms in total. The number of aromatic nitrogens is 4. The molecule has 2 aromatic heterocycles. The summed E-state index contributed by atoms with van der Waals surface area (Å²) in [5.41, 5.74) is 1.92. The van der Waals surface area contributed by atoms with Gasteiger partial charge in [0.15, 0.2) is 5.82 Å². The SMILES string of the molecule is CC(=O)OCc1ccc(Nc2nc(-n3ncc(C)n3)ccc2[N+](=O)[O-])cc1. The van der Waals surface area contributed by atoms with E-state index in [4.69, 9.17) is 4.74 Å². The Morgan fingerprint density at radius 3 is 2.59 bits per heavy atom. The molecule has 138 valence electrons. The number of nitrogens with zero attached hydrogens (tertiary/aromatic N) is 5. The first-order valence-corrected chi connectivity index (χ1v) is 7.96. The first-order valence-electron chi connectivity index (χ1n) is 7.96. The molecule has 0 atom stereocenters. The average Bonchev–Trinajstić information content (AvgIpc) is 3.07. The molecule has 27 heavy (non-hydrogen) atoms. The van der Waals surface area contributed by atoms with Crippen LogP contribution in [0.1, 0.15) is 18.2 Å². The van der Waals surface area contributed by atoms with Crippen LogP contribution in [0.15, 0.2) is 42.6 Å². The van der Waals surface area contributed by atoms with Gasteiger partial charge in [-0.25, -0.2) is 4.98 Å². The molecule has 3 rings (SSSR count). The summed E-state index contributed by atoms with van der Waals surface area (Å²) in [6.45, 7) is 3.28. The summed E-state index contributed by atoms with van der Waals surface area (Å²) in [6, 6.07) is 9.75. The molecule has 1 N–H and O–H groups in total. The molecule has 3 aromatic rings. The second kappa shape index (κ2) is 7.60. The molecular weight excluding hydrogens is 352 g/mol. The predicted molar refractivity (Wildman–Crippen MR) is 95.7 cm³/mol. The smallest absolute Gasteiger partial charge is 0.311 e. The second-order valence-electron chi connectivity index (χ2n) is 5.67. The molecule has 0 aliphatic heterocycles. The van der Waals surface area contributed by atoms with Crippen LogP contribution in [0.5, 0.6) is 0 Å². The maximum Gasteiger partial charge on any atom is 0.311 e. The molecule has 0 radical (unpaired) electrons. The van der Waals surface area contributed by atoms with Crippen LogP contribution < -0.4 is 5.32 Å². The molecule has 0 aliphatic carbocycles. The van der Waals surface area contributed by atoms with Crippen molar-refractivity contribution in [2.45, 2.75) is 20.5 Å². The number of hydrogen-bond donors (Lipinski definition) is 1. The Balaban J connectivity index is 1.86. The highest BCUT2D eigenvalue weighted by molar-refractivity contribution is 5.67. The number of pyridine rings is 1. The van der Waals surface area contributed by atoms with Gasteiger partial charge in [0, 0.05) is 18.7 Å². The molecular formula is C17H16N6O4. The van der Waals surface area contributed by atoms with E-state index >= 15 is 0 Å². The number of aryl methyl sites for hydroxylation is 1. The Morgan fingerprint density at radius 2 is 2.00 bits per heavy atom. The van der Waals surface area contributed by atoms with E-state index < -0.39 is 4.92 Å². The van der Waals surface area contributed by atoms with E-state index in [0.29, 0.717) is 17.2 Å². The number of rotatable bonds is 6. The molecule has 0 amide bonds. The zero-order chi connectivity index (χ0) is 19.4. The van der Waals surface area contributed by atoms with Gasteiger partial charge in [-0.2, -0.15) is 10.2 Å². The van der Waals surface area contributed by atoms with Gasteiger partial charge in [-0.15, -0.1) is 4.80 Å². The fourth-order valence-electron chi connectivity index (χ4n) is 2.25. The number of ether oxygens (including phenoxy) is 1. The Bertz CT molecular complexity index is 983. The lowest BCUT2D eigenvalue weighted by Gasteiger charge is -2.09. The van der Waals surface area contributed by atoms with Crippen LogP contribution in [-0.2, 0) is 16.1 Å². The third-order valence-electron chi connectivity index (χ3n) is 3.53. The Labute approximate surface area is 153 Å². The first-order chi connectivity index (χ1) is 12.9. The van der Waals surface area contributed by atoms with Gasteiger partial charge in [0.2, 0.25) is 5.82 Å². The number of benzene rings is 1. The van der Waals surface area contributed by atoms with Gasteiger partial charge >= 0.3 is 11.7 Å². The maximum absolute atomic E-state index is 11.3. The van der Waals surface area contributed by atoms with Gasteiger partial charge in [0.05, 0.1) is 16.8 Å². The van der Waals surface area contributed by atoms with Crippen molar-refractivity contribution in [3.05, 3.63) is 64.0 Å². The largest absolute Gasteiger partial charge is 0.461 e. The maximum atomic E-state index is 11.3. The third-order valence-corrected chi connectivity index (χ3v) is 3.53. The summed E-state index contributed by atoms with van der Waals surface area (Å²) in [7, 11) is 0. The van der Waals surface area contributed by atoms with Gasteiger partial charge in [-0.05, 0) is 30.7 Å².